The van der Waals surface area contributed by atoms with Crippen LogP contribution in [-0.2, 0) is 26.1 Å². The van der Waals surface area contributed by atoms with Crippen molar-refractivity contribution in [1.29, 1.82) is 0 Å². The molecule has 1 atom stereocenters. The fourth-order valence-electron chi connectivity index (χ4n) is 5.51. The van der Waals surface area contributed by atoms with Crippen molar-refractivity contribution in [2.45, 2.75) is 63.8 Å². The number of aliphatic carboxylic acids is 1. The number of unbranched alkanes of at least 4 members (excludes halogenated alkanes) is 1. The Morgan fingerprint density at radius 2 is 1.72 bits per heavy atom. The molecular formula is C39H45N5O9S. The van der Waals surface area contributed by atoms with Crippen LogP contribution in [0.25, 0.3) is 11.1 Å². The van der Waals surface area contributed by atoms with Crippen molar-refractivity contribution in [3.05, 3.63) is 102 Å². The Morgan fingerprint density at radius 1 is 1.00 bits per heavy atom. The van der Waals surface area contributed by atoms with Gasteiger partial charge in [-0.2, -0.15) is 13.5 Å². The fraction of sp³-hybridized carbons (Fsp3) is 0.308. The van der Waals surface area contributed by atoms with Crippen molar-refractivity contribution in [3.63, 3.8) is 0 Å². The van der Waals surface area contributed by atoms with Crippen LogP contribution in [-0.4, -0.2) is 71.4 Å². The number of hydrazone groups is 1. The van der Waals surface area contributed by atoms with Crippen LogP contribution in [0.3, 0.4) is 0 Å². The number of rotatable bonds is 19. The molecule has 4 aromatic rings. The highest BCUT2D eigenvalue weighted by Crippen LogP contribution is 2.36. The van der Waals surface area contributed by atoms with Gasteiger partial charge in [0.05, 0.1) is 24.8 Å². The van der Waals surface area contributed by atoms with E-state index in [1.807, 2.05) is 57.2 Å². The molecule has 0 aliphatic heterocycles. The average Bonchev–Trinajstić information content (AvgIpc) is 3.13. The van der Waals surface area contributed by atoms with Gasteiger partial charge in [0.25, 0.3) is 16.0 Å². The first-order valence-corrected chi connectivity index (χ1v) is 18.8. The summed E-state index contributed by atoms with van der Waals surface area (Å²) in [5.41, 5.74) is 5.10. The number of ether oxygens (including phenoxy) is 1. The van der Waals surface area contributed by atoms with Gasteiger partial charge >= 0.3 is 5.97 Å². The van der Waals surface area contributed by atoms with E-state index in [-0.39, 0.29) is 39.5 Å². The Kier molecular flexibility index (Phi) is 14.3. The SMILES string of the molecule is CCc1cc(-c2ccccc2)c(O)cc1OCCCCC(C)(C)CNC(=O)[C@H](CC(=O)O)NC(=O)c1ccc(N/N=C/c2ccccc2S(=O)(=O)O)nc1. The molecule has 1 aromatic heterocycles. The van der Waals surface area contributed by atoms with Gasteiger partial charge in [0, 0.05) is 29.9 Å². The molecule has 0 spiro atoms. The number of aromatic hydroxyl groups is 1. The zero-order chi connectivity index (χ0) is 39.3. The van der Waals surface area contributed by atoms with E-state index in [1.165, 1.54) is 42.7 Å². The van der Waals surface area contributed by atoms with Gasteiger partial charge in [-0.05, 0) is 66.5 Å². The van der Waals surface area contributed by atoms with E-state index in [0.29, 0.717) is 12.4 Å². The standard InChI is InChI=1S/C39H45N5O9S/c1-4-26-20-30(27-12-6-5-7-13-27)32(45)22-33(26)53-19-11-10-18-39(2,3)25-41-38(49)31(21-36(46)47)43-37(48)29-16-17-35(40-23-29)44-42-24-28-14-8-9-15-34(28)54(50,51)52/h5-9,12-17,20,22-24,31,45H,4,10-11,18-19,21,25H2,1-3H3,(H,40,44)(H,41,49)(H,43,48)(H,46,47)(H,50,51,52)/b42-24+/t31-/m0/s1. The van der Waals surface area contributed by atoms with E-state index >= 15 is 0 Å². The lowest BCUT2D eigenvalue weighted by Gasteiger charge is -2.26. The number of pyridine rings is 1. The minimum Gasteiger partial charge on any atom is -0.507 e. The van der Waals surface area contributed by atoms with Crippen LogP contribution in [0.15, 0.2) is 95.1 Å². The number of phenolic OH excluding ortho intramolecular Hbond substituents is 1. The molecule has 6 N–H and O–H groups in total. The molecule has 15 heteroatoms. The zero-order valence-corrected chi connectivity index (χ0v) is 31.1. The topological polar surface area (TPSA) is 217 Å². The van der Waals surface area contributed by atoms with Gasteiger partial charge in [-0.1, -0.05) is 69.3 Å². The maximum absolute atomic E-state index is 13.1. The number of carboxylic acid groups (broad SMARTS) is 1. The quantitative estimate of drug-likeness (QED) is 0.0296. The number of aromatic nitrogens is 1. The number of phenols is 1. The number of nitrogens with one attached hydrogen (secondary N) is 3. The van der Waals surface area contributed by atoms with Crippen LogP contribution in [0.4, 0.5) is 5.82 Å². The number of nitrogens with zero attached hydrogens (tertiary/aromatic N) is 2. The summed E-state index contributed by atoms with van der Waals surface area (Å²) in [5.74, 6) is -1.63. The molecule has 0 saturated heterocycles. The predicted molar refractivity (Wildman–Crippen MR) is 204 cm³/mol. The molecule has 2 amide bonds. The van der Waals surface area contributed by atoms with E-state index in [4.69, 9.17) is 4.74 Å². The highest BCUT2D eigenvalue weighted by molar-refractivity contribution is 7.86. The number of amides is 2. The first-order chi connectivity index (χ1) is 25.7. The lowest BCUT2D eigenvalue weighted by molar-refractivity contribution is -0.139. The summed E-state index contributed by atoms with van der Waals surface area (Å²) in [6.07, 6.45) is 4.73. The molecule has 4 rings (SSSR count). The summed E-state index contributed by atoms with van der Waals surface area (Å²) in [6, 6.07) is 20.4. The second-order valence-electron chi connectivity index (χ2n) is 13.3. The van der Waals surface area contributed by atoms with Crippen LogP contribution in [0, 0.1) is 5.41 Å². The summed E-state index contributed by atoms with van der Waals surface area (Å²) >= 11 is 0. The number of benzene rings is 3. The molecule has 1 heterocycles. The molecule has 0 bridgehead atoms. The minimum absolute atomic E-state index is 0.0559. The number of anilines is 1. The van der Waals surface area contributed by atoms with E-state index in [2.05, 4.69) is 26.1 Å². The van der Waals surface area contributed by atoms with Crippen LogP contribution in [0.2, 0.25) is 0 Å². The summed E-state index contributed by atoms with van der Waals surface area (Å²) in [5, 5.41) is 29.3. The van der Waals surface area contributed by atoms with E-state index in [1.54, 1.807) is 12.1 Å². The lowest BCUT2D eigenvalue weighted by Crippen LogP contribution is -2.49. The monoisotopic (exact) mass is 759 g/mol. The van der Waals surface area contributed by atoms with Gasteiger partial charge < -0.3 is 25.6 Å². The minimum atomic E-state index is -4.46. The van der Waals surface area contributed by atoms with E-state index in [9.17, 15) is 37.6 Å². The van der Waals surface area contributed by atoms with Gasteiger partial charge in [0.15, 0.2) is 0 Å². The molecule has 0 aliphatic carbocycles. The number of hydrogen-bond donors (Lipinski definition) is 6. The number of carboxylic acids is 1. The largest absolute Gasteiger partial charge is 0.507 e. The lowest BCUT2D eigenvalue weighted by atomic mass is 9.87. The molecule has 286 valence electrons. The third-order valence-electron chi connectivity index (χ3n) is 8.50. The third kappa shape index (κ3) is 12.1. The van der Waals surface area contributed by atoms with Crippen LogP contribution >= 0.6 is 0 Å². The van der Waals surface area contributed by atoms with Crippen molar-refractivity contribution in [3.8, 4) is 22.6 Å². The third-order valence-corrected chi connectivity index (χ3v) is 9.42. The average molecular weight is 760 g/mol. The van der Waals surface area contributed by atoms with Gasteiger partial charge in [-0.25, -0.2) is 4.98 Å². The van der Waals surface area contributed by atoms with E-state index < -0.39 is 40.4 Å². The molecule has 14 nitrogen and oxygen atoms in total. The summed E-state index contributed by atoms with van der Waals surface area (Å²) in [7, 11) is -4.46. The molecule has 0 saturated carbocycles. The van der Waals surface area contributed by atoms with Crippen molar-refractivity contribution in [2.75, 3.05) is 18.6 Å². The maximum Gasteiger partial charge on any atom is 0.305 e. The van der Waals surface area contributed by atoms with Crippen molar-refractivity contribution < 1.29 is 42.3 Å². The van der Waals surface area contributed by atoms with Gasteiger partial charge in [0.1, 0.15) is 28.3 Å². The molecule has 0 fully saturated rings. The number of aryl methyl sites for hydroxylation is 1. The molecule has 54 heavy (non-hydrogen) atoms. The molecular weight excluding hydrogens is 715 g/mol. The first-order valence-electron chi connectivity index (χ1n) is 17.3. The Labute approximate surface area is 314 Å². The first kappa shape index (κ1) is 41.0. The van der Waals surface area contributed by atoms with Crippen molar-refractivity contribution in [2.24, 2.45) is 10.5 Å². The van der Waals surface area contributed by atoms with Crippen LogP contribution < -0.4 is 20.8 Å². The molecule has 3 aromatic carbocycles. The Bertz CT molecular complexity index is 2050. The second-order valence-corrected chi connectivity index (χ2v) is 14.7. The summed E-state index contributed by atoms with van der Waals surface area (Å²) in [4.78, 5) is 41.3. The molecule has 0 aliphatic rings. The van der Waals surface area contributed by atoms with Crippen molar-refractivity contribution >= 4 is 39.9 Å². The predicted octanol–water partition coefficient (Wildman–Crippen LogP) is 5.67. The van der Waals surface area contributed by atoms with Crippen LogP contribution in [0.5, 0.6) is 11.5 Å². The normalized spacial score (nSPS) is 12.2. The smallest absolute Gasteiger partial charge is 0.305 e. The fourth-order valence-corrected chi connectivity index (χ4v) is 6.18. The number of carbonyl (C=O) groups excluding carboxylic acids is 2. The van der Waals surface area contributed by atoms with Gasteiger partial charge in [-0.3, -0.25) is 24.4 Å². The zero-order valence-electron chi connectivity index (χ0n) is 30.3. The second kappa shape index (κ2) is 18.8. The molecule has 0 unspecified atom stereocenters. The van der Waals surface area contributed by atoms with Gasteiger partial charge in [-0.15, -0.1) is 0 Å². The Morgan fingerprint density at radius 3 is 2.39 bits per heavy atom. The summed E-state index contributed by atoms with van der Waals surface area (Å²) in [6.45, 7) is 6.67. The highest BCUT2D eigenvalue weighted by Gasteiger charge is 2.27. The highest BCUT2D eigenvalue weighted by atomic mass is 32.2. The van der Waals surface area contributed by atoms with Crippen molar-refractivity contribution in [1.82, 2.24) is 15.6 Å². The van der Waals surface area contributed by atoms with Crippen LogP contribution in [0.1, 0.15) is 67.9 Å². The van der Waals surface area contributed by atoms with E-state index in [0.717, 1.165) is 42.4 Å². The maximum atomic E-state index is 13.1. The Hall–Kier alpha value is -5.80. The Balaban J connectivity index is 1.24. The number of carbonyl (C=O) groups is 3. The molecule has 0 radical (unpaired) electrons. The summed E-state index contributed by atoms with van der Waals surface area (Å²) < 4.78 is 38.5. The van der Waals surface area contributed by atoms with Gasteiger partial charge in [0.2, 0.25) is 5.91 Å². The number of hydrogen-bond acceptors (Lipinski definition) is 10.